The number of nitrogens with one attached hydrogen (secondary N) is 1. The minimum Gasteiger partial charge on any atom is -0.344 e. The number of likely N-dealkylation sites (N-methyl/N-ethyl adjacent to an activating group) is 1. The maximum Gasteiger partial charge on any atom is 0.244 e. The van der Waals surface area contributed by atoms with E-state index in [0.29, 0.717) is 6.54 Å². The lowest BCUT2D eigenvalue weighted by Crippen LogP contribution is -2.48. The number of nitrogens with two attached hydrogens (primary N) is 1. The molecule has 1 fully saturated rings. The second-order valence-corrected chi connectivity index (χ2v) is 5.21. The predicted molar refractivity (Wildman–Crippen MR) is 78.1 cm³/mol. The summed E-state index contributed by atoms with van der Waals surface area (Å²) in [4.78, 5) is 25.5. The van der Waals surface area contributed by atoms with Gasteiger partial charge in [-0.25, -0.2) is 0 Å². The Bertz CT molecular complexity index is 312. The zero-order valence-electron chi connectivity index (χ0n) is 12.0. The van der Waals surface area contributed by atoms with E-state index in [2.05, 4.69) is 5.32 Å². The predicted octanol–water partition coefficient (Wildman–Crippen LogP) is 0.909. The Hall–Kier alpha value is -0.810. The van der Waals surface area contributed by atoms with Crippen LogP contribution in [0.15, 0.2) is 0 Å². The molecule has 6 heteroatoms. The summed E-state index contributed by atoms with van der Waals surface area (Å²) in [5.74, 6) is -0.114. The summed E-state index contributed by atoms with van der Waals surface area (Å²) < 4.78 is 0. The number of halogens is 1. The molecule has 0 aromatic carbocycles. The van der Waals surface area contributed by atoms with Crippen LogP contribution in [0.4, 0.5) is 0 Å². The van der Waals surface area contributed by atoms with Crippen LogP contribution in [-0.4, -0.2) is 42.4 Å². The normalized spacial score (nSPS) is 24.0. The third-order valence-corrected chi connectivity index (χ3v) is 3.67. The maximum atomic E-state index is 12.0. The topological polar surface area (TPSA) is 75.4 Å². The first-order valence-corrected chi connectivity index (χ1v) is 6.76. The van der Waals surface area contributed by atoms with Crippen LogP contribution in [-0.2, 0) is 9.59 Å². The lowest BCUT2D eigenvalue weighted by Gasteiger charge is -2.27. The van der Waals surface area contributed by atoms with Gasteiger partial charge in [-0.2, -0.15) is 0 Å². The average Bonchev–Trinajstić information content (AvgIpc) is 2.36. The molecule has 3 atom stereocenters. The number of hydrogen-bond acceptors (Lipinski definition) is 3. The Morgan fingerprint density at radius 3 is 2.58 bits per heavy atom. The Kier molecular flexibility index (Phi) is 8.02. The molecule has 0 aliphatic heterocycles. The van der Waals surface area contributed by atoms with Gasteiger partial charge in [0.2, 0.25) is 11.8 Å². The third-order valence-electron chi connectivity index (χ3n) is 3.67. The van der Waals surface area contributed by atoms with E-state index in [1.807, 2.05) is 6.92 Å². The van der Waals surface area contributed by atoms with Gasteiger partial charge >= 0.3 is 0 Å². The van der Waals surface area contributed by atoms with Gasteiger partial charge in [-0.1, -0.05) is 6.42 Å². The zero-order valence-corrected chi connectivity index (χ0v) is 12.8. The molecular formula is C13H26ClN3O2. The van der Waals surface area contributed by atoms with Crippen molar-refractivity contribution < 1.29 is 9.59 Å². The second kappa shape index (κ2) is 8.38. The molecule has 0 heterocycles. The van der Waals surface area contributed by atoms with E-state index >= 15 is 0 Å². The maximum absolute atomic E-state index is 12.0. The van der Waals surface area contributed by atoms with Crippen LogP contribution >= 0.6 is 12.4 Å². The Balaban J connectivity index is 0.00000324. The summed E-state index contributed by atoms with van der Waals surface area (Å²) in [5.41, 5.74) is 5.87. The number of rotatable bonds is 4. The molecule has 0 spiro atoms. The van der Waals surface area contributed by atoms with Gasteiger partial charge in [-0.05, 0) is 33.1 Å². The molecule has 1 aliphatic carbocycles. The fraction of sp³-hybridized carbons (Fsp3) is 0.846. The molecular weight excluding hydrogens is 266 g/mol. The molecule has 3 N–H and O–H groups in total. The largest absolute Gasteiger partial charge is 0.344 e. The van der Waals surface area contributed by atoms with E-state index in [-0.39, 0.29) is 36.2 Å². The molecule has 112 valence electrons. The van der Waals surface area contributed by atoms with Gasteiger partial charge in [0.05, 0.1) is 0 Å². The lowest BCUT2D eigenvalue weighted by atomic mass is 9.85. The van der Waals surface area contributed by atoms with Gasteiger partial charge < -0.3 is 16.0 Å². The van der Waals surface area contributed by atoms with Gasteiger partial charge in [0.15, 0.2) is 0 Å². The van der Waals surface area contributed by atoms with Crippen LogP contribution in [0.25, 0.3) is 0 Å². The van der Waals surface area contributed by atoms with Gasteiger partial charge in [0.25, 0.3) is 0 Å². The van der Waals surface area contributed by atoms with E-state index in [1.165, 1.54) is 0 Å². The lowest BCUT2D eigenvalue weighted by molar-refractivity contribution is -0.136. The highest BCUT2D eigenvalue weighted by Crippen LogP contribution is 2.23. The summed E-state index contributed by atoms with van der Waals surface area (Å²) in [6.07, 6.45) is 3.60. The SMILES string of the molecule is CCN(C)C(=O)C(C)NC(=O)C1CCCC(N)C1.Cl. The monoisotopic (exact) mass is 291 g/mol. The van der Waals surface area contributed by atoms with E-state index in [0.717, 1.165) is 25.7 Å². The summed E-state index contributed by atoms with van der Waals surface area (Å²) in [7, 11) is 1.74. The molecule has 3 unspecified atom stereocenters. The molecule has 1 saturated carbocycles. The fourth-order valence-corrected chi connectivity index (χ4v) is 2.35. The van der Waals surface area contributed by atoms with Gasteiger partial charge in [0.1, 0.15) is 6.04 Å². The minimum atomic E-state index is -0.458. The molecule has 0 radical (unpaired) electrons. The first-order valence-electron chi connectivity index (χ1n) is 6.76. The molecule has 0 aromatic heterocycles. The molecule has 5 nitrogen and oxygen atoms in total. The number of amides is 2. The number of carbonyl (C=O) groups is 2. The van der Waals surface area contributed by atoms with Crippen LogP contribution in [0.2, 0.25) is 0 Å². The smallest absolute Gasteiger partial charge is 0.244 e. The van der Waals surface area contributed by atoms with Crippen molar-refractivity contribution >= 4 is 24.2 Å². The Labute approximate surface area is 121 Å². The van der Waals surface area contributed by atoms with Crippen molar-refractivity contribution in [1.82, 2.24) is 10.2 Å². The van der Waals surface area contributed by atoms with Crippen LogP contribution in [0.5, 0.6) is 0 Å². The van der Waals surface area contributed by atoms with Crippen molar-refractivity contribution in [2.24, 2.45) is 11.7 Å². The third kappa shape index (κ3) is 5.37. The zero-order chi connectivity index (χ0) is 13.7. The summed E-state index contributed by atoms with van der Waals surface area (Å²) in [5, 5.41) is 2.80. The van der Waals surface area contributed by atoms with Crippen molar-refractivity contribution in [1.29, 1.82) is 0 Å². The van der Waals surface area contributed by atoms with Crippen LogP contribution in [0, 0.1) is 5.92 Å². The molecule has 19 heavy (non-hydrogen) atoms. The average molecular weight is 292 g/mol. The first kappa shape index (κ1) is 18.2. The van der Waals surface area contributed by atoms with Crippen LogP contribution in [0.1, 0.15) is 39.5 Å². The Morgan fingerprint density at radius 2 is 2.05 bits per heavy atom. The Morgan fingerprint density at radius 1 is 1.42 bits per heavy atom. The second-order valence-electron chi connectivity index (χ2n) is 5.21. The molecule has 1 rings (SSSR count). The van der Waals surface area contributed by atoms with Crippen molar-refractivity contribution in [2.45, 2.75) is 51.6 Å². The van der Waals surface area contributed by atoms with E-state index in [9.17, 15) is 9.59 Å². The van der Waals surface area contributed by atoms with Crippen molar-refractivity contribution in [3.8, 4) is 0 Å². The molecule has 0 aromatic rings. The van der Waals surface area contributed by atoms with Gasteiger partial charge in [-0.3, -0.25) is 9.59 Å². The highest BCUT2D eigenvalue weighted by molar-refractivity contribution is 5.88. The summed E-state index contributed by atoms with van der Waals surface area (Å²) >= 11 is 0. The minimum absolute atomic E-state index is 0. The van der Waals surface area contributed by atoms with Crippen molar-refractivity contribution in [3.05, 3.63) is 0 Å². The molecule has 0 bridgehead atoms. The van der Waals surface area contributed by atoms with Crippen LogP contribution in [0.3, 0.4) is 0 Å². The molecule has 1 aliphatic rings. The van der Waals surface area contributed by atoms with E-state index in [4.69, 9.17) is 5.73 Å². The fourth-order valence-electron chi connectivity index (χ4n) is 2.35. The standard InChI is InChI=1S/C13H25N3O2.ClH/c1-4-16(3)13(18)9(2)15-12(17)10-6-5-7-11(14)8-10;/h9-11H,4-8,14H2,1-3H3,(H,15,17);1H. The highest BCUT2D eigenvalue weighted by Gasteiger charge is 2.27. The summed E-state index contributed by atoms with van der Waals surface area (Å²) in [6, 6.07) is -0.334. The molecule has 0 saturated heterocycles. The number of carbonyl (C=O) groups excluding carboxylic acids is 2. The number of hydrogen-bond donors (Lipinski definition) is 2. The molecule has 2 amide bonds. The summed E-state index contributed by atoms with van der Waals surface area (Å²) in [6.45, 7) is 4.29. The van der Waals surface area contributed by atoms with E-state index < -0.39 is 6.04 Å². The highest BCUT2D eigenvalue weighted by atomic mass is 35.5. The van der Waals surface area contributed by atoms with Gasteiger partial charge in [0, 0.05) is 25.6 Å². The first-order chi connectivity index (χ1) is 8.45. The van der Waals surface area contributed by atoms with Crippen LogP contribution < -0.4 is 11.1 Å². The van der Waals surface area contributed by atoms with Crippen molar-refractivity contribution in [3.63, 3.8) is 0 Å². The number of nitrogens with zero attached hydrogens (tertiary/aromatic N) is 1. The van der Waals surface area contributed by atoms with E-state index in [1.54, 1.807) is 18.9 Å². The van der Waals surface area contributed by atoms with Gasteiger partial charge in [-0.15, -0.1) is 12.4 Å². The quantitative estimate of drug-likeness (QED) is 0.808. The van der Waals surface area contributed by atoms with Crippen molar-refractivity contribution in [2.75, 3.05) is 13.6 Å².